The van der Waals surface area contributed by atoms with Crippen LogP contribution in [0.2, 0.25) is 0 Å². The fourth-order valence-electron chi connectivity index (χ4n) is 1.85. The van der Waals surface area contributed by atoms with E-state index in [1.807, 2.05) is 11.5 Å². The SMILES string of the molecule is Cc1sc2cc(F)ccc2[n+]1CCCS(=O)(=O)[O-]. The Morgan fingerprint density at radius 2 is 2.17 bits per heavy atom. The predicted molar refractivity (Wildman–Crippen MR) is 65.9 cm³/mol. The zero-order valence-electron chi connectivity index (χ0n) is 9.72. The minimum absolute atomic E-state index is 0.264. The van der Waals surface area contributed by atoms with Gasteiger partial charge in [0.15, 0.2) is 6.54 Å². The van der Waals surface area contributed by atoms with Gasteiger partial charge in [-0.3, -0.25) is 0 Å². The highest BCUT2D eigenvalue weighted by molar-refractivity contribution is 7.85. The van der Waals surface area contributed by atoms with Crippen LogP contribution in [0.25, 0.3) is 10.2 Å². The summed E-state index contributed by atoms with van der Waals surface area (Å²) < 4.78 is 47.4. The van der Waals surface area contributed by atoms with Gasteiger partial charge in [0.1, 0.15) is 10.5 Å². The largest absolute Gasteiger partial charge is 0.748 e. The number of rotatable bonds is 4. The number of hydrogen-bond donors (Lipinski definition) is 0. The van der Waals surface area contributed by atoms with Crippen molar-refractivity contribution < 1.29 is 21.9 Å². The smallest absolute Gasteiger partial charge is 0.235 e. The molecular weight excluding hydrogens is 277 g/mol. The van der Waals surface area contributed by atoms with Gasteiger partial charge in [-0.1, -0.05) is 11.3 Å². The maximum absolute atomic E-state index is 13.1. The number of nitrogens with zero attached hydrogens (tertiary/aromatic N) is 1. The molecule has 0 fully saturated rings. The van der Waals surface area contributed by atoms with E-state index < -0.39 is 10.1 Å². The molecule has 4 nitrogen and oxygen atoms in total. The highest BCUT2D eigenvalue weighted by atomic mass is 32.2. The molecule has 98 valence electrons. The molecule has 0 saturated heterocycles. The predicted octanol–water partition coefficient (Wildman–Crippen LogP) is 1.57. The normalized spacial score (nSPS) is 12.2. The number of fused-ring (bicyclic) bond motifs is 1. The summed E-state index contributed by atoms with van der Waals surface area (Å²) >= 11 is 1.45. The molecule has 0 atom stereocenters. The van der Waals surface area contributed by atoms with E-state index in [1.54, 1.807) is 6.07 Å². The van der Waals surface area contributed by atoms with Crippen molar-refractivity contribution >= 4 is 31.7 Å². The monoisotopic (exact) mass is 289 g/mol. The summed E-state index contributed by atoms with van der Waals surface area (Å²) in [5.74, 6) is -0.670. The van der Waals surface area contributed by atoms with Crippen LogP contribution in [0.1, 0.15) is 11.4 Å². The van der Waals surface area contributed by atoms with Gasteiger partial charge >= 0.3 is 0 Å². The lowest BCUT2D eigenvalue weighted by Gasteiger charge is -2.04. The lowest BCUT2D eigenvalue weighted by Crippen LogP contribution is -2.35. The van der Waals surface area contributed by atoms with E-state index in [4.69, 9.17) is 0 Å². The molecule has 1 heterocycles. The Labute approximate surface area is 108 Å². The molecule has 0 saturated carbocycles. The van der Waals surface area contributed by atoms with E-state index in [0.717, 1.165) is 15.2 Å². The van der Waals surface area contributed by atoms with Crippen molar-refractivity contribution in [2.45, 2.75) is 19.9 Å². The van der Waals surface area contributed by atoms with Crippen molar-refractivity contribution in [3.63, 3.8) is 0 Å². The molecule has 0 N–H and O–H groups in total. The van der Waals surface area contributed by atoms with Crippen molar-refractivity contribution in [2.75, 3.05) is 5.75 Å². The number of halogens is 1. The third-order valence-corrected chi connectivity index (χ3v) is 4.48. The van der Waals surface area contributed by atoms with Crippen molar-refractivity contribution in [1.29, 1.82) is 0 Å². The van der Waals surface area contributed by atoms with Gasteiger partial charge in [0.2, 0.25) is 10.5 Å². The Morgan fingerprint density at radius 1 is 1.44 bits per heavy atom. The summed E-state index contributed by atoms with van der Waals surface area (Å²) in [6, 6.07) is 4.49. The van der Waals surface area contributed by atoms with Crippen LogP contribution >= 0.6 is 11.3 Å². The van der Waals surface area contributed by atoms with Gasteiger partial charge in [0.25, 0.3) is 0 Å². The molecule has 7 heteroatoms. The number of benzene rings is 1. The Morgan fingerprint density at radius 3 is 2.83 bits per heavy atom. The second-order valence-electron chi connectivity index (χ2n) is 4.00. The molecular formula is C11H12FNO3S2. The number of aryl methyl sites for hydroxylation is 2. The van der Waals surface area contributed by atoms with Gasteiger partial charge in [-0.15, -0.1) is 0 Å². The summed E-state index contributed by atoms with van der Waals surface area (Å²) in [4.78, 5) is 0. The van der Waals surface area contributed by atoms with E-state index in [2.05, 4.69) is 0 Å². The third kappa shape index (κ3) is 3.04. The maximum atomic E-state index is 13.1. The van der Waals surface area contributed by atoms with Crippen LogP contribution in [0, 0.1) is 12.7 Å². The topological polar surface area (TPSA) is 61.1 Å². The van der Waals surface area contributed by atoms with Crippen LogP contribution in [0.15, 0.2) is 18.2 Å². The van der Waals surface area contributed by atoms with Gasteiger partial charge in [-0.2, -0.15) is 4.57 Å². The molecule has 0 aliphatic carbocycles. The van der Waals surface area contributed by atoms with Crippen molar-refractivity contribution in [1.82, 2.24) is 0 Å². The second kappa shape index (κ2) is 4.91. The summed E-state index contributed by atoms with van der Waals surface area (Å²) in [6.07, 6.45) is 0.264. The fraction of sp³-hybridized carbons (Fsp3) is 0.364. The molecule has 0 radical (unpaired) electrons. The summed E-state index contributed by atoms with van der Waals surface area (Å²) in [5, 5.41) is 0.957. The number of thiazole rings is 1. The van der Waals surface area contributed by atoms with Gasteiger partial charge < -0.3 is 4.55 Å². The van der Waals surface area contributed by atoms with Crippen molar-refractivity contribution in [3.05, 3.63) is 29.0 Å². The molecule has 2 rings (SSSR count). The Balaban J connectivity index is 2.25. The standard InChI is InChI=1S/C11H12FNO3S2/c1-8-13(5-2-6-18(14,15)16)10-4-3-9(12)7-11(10)17-8/h3-4,7H,2,5-6H2,1H3. The molecule has 2 aromatic rings. The van der Waals surface area contributed by atoms with Gasteiger partial charge in [-0.05, 0) is 12.1 Å². The maximum Gasteiger partial charge on any atom is 0.235 e. The van der Waals surface area contributed by atoms with Crippen molar-refractivity contribution in [3.8, 4) is 0 Å². The minimum atomic E-state index is -4.17. The molecule has 0 unspecified atom stereocenters. The van der Waals surface area contributed by atoms with E-state index >= 15 is 0 Å². The average molecular weight is 289 g/mol. The van der Waals surface area contributed by atoms with Crippen LogP contribution in [0.4, 0.5) is 4.39 Å². The Kier molecular flexibility index (Phi) is 3.65. The first-order chi connectivity index (χ1) is 8.37. The first kappa shape index (κ1) is 13.4. The minimum Gasteiger partial charge on any atom is -0.748 e. The number of hydrogen-bond acceptors (Lipinski definition) is 4. The van der Waals surface area contributed by atoms with E-state index in [9.17, 15) is 17.4 Å². The summed E-state index contributed by atoms with van der Waals surface area (Å²) in [7, 11) is -4.17. The first-order valence-electron chi connectivity index (χ1n) is 5.39. The van der Waals surface area contributed by atoms with Gasteiger partial charge in [0.05, 0.1) is 10.1 Å². The molecule has 0 amide bonds. The molecule has 0 spiro atoms. The Bertz CT molecular complexity index is 679. The summed E-state index contributed by atoms with van der Waals surface area (Å²) in [5.41, 5.74) is 0.863. The van der Waals surface area contributed by atoms with Crippen LogP contribution in [-0.4, -0.2) is 18.7 Å². The van der Waals surface area contributed by atoms with E-state index in [0.29, 0.717) is 6.54 Å². The van der Waals surface area contributed by atoms with Crippen LogP contribution < -0.4 is 4.57 Å². The zero-order valence-corrected chi connectivity index (χ0v) is 11.4. The lowest BCUT2D eigenvalue weighted by molar-refractivity contribution is -0.672. The van der Waals surface area contributed by atoms with Crippen LogP contribution in [0.3, 0.4) is 0 Å². The molecule has 18 heavy (non-hydrogen) atoms. The molecule has 0 aliphatic rings. The second-order valence-corrected chi connectivity index (χ2v) is 6.76. The first-order valence-corrected chi connectivity index (χ1v) is 7.78. The summed E-state index contributed by atoms with van der Waals surface area (Å²) in [6.45, 7) is 2.33. The lowest BCUT2D eigenvalue weighted by atomic mass is 10.3. The molecule has 0 bridgehead atoms. The molecule has 1 aromatic carbocycles. The highest BCUT2D eigenvalue weighted by Gasteiger charge is 2.17. The quantitative estimate of drug-likeness (QED) is 0.634. The fourth-order valence-corrected chi connectivity index (χ4v) is 3.41. The molecule has 1 aromatic heterocycles. The van der Waals surface area contributed by atoms with Gasteiger partial charge in [-0.25, -0.2) is 12.8 Å². The third-order valence-electron chi connectivity index (χ3n) is 2.63. The van der Waals surface area contributed by atoms with Gasteiger partial charge in [0, 0.05) is 25.2 Å². The average Bonchev–Trinajstić information content (AvgIpc) is 2.52. The van der Waals surface area contributed by atoms with E-state index in [-0.39, 0.29) is 18.0 Å². The molecule has 0 aliphatic heterocycles. The zero-order chi connectivity index (χ0) is 13.3. The Hall–Kier alpha value is -1.05. The van der Waals surface area contributed by atoms with Crippen molar-refractivity contribution in [2.24, 2.45) is 0 Å². The van der Waals surface area contributed by atoms with Crippen LogP contribution in [-0.2, 0) is 16.7 Å². The number of aromatic nitrogens is 1. The van der Waals surface area contributed by atoms with E-state index in [1.165, 1.54) is 23.5 Å². The van der Waals surface area contributed by atoms with Crippen LogP contribution in [0.5, 0.6) is 0 Å². The highest BCUT2D eigenvalue weighted by Crippen LogP contribution is 2.20.